The molecule has 106 valence electrons. The molecule has 3 heteroatoms. The van der Waals surface area contributed by atoms with Crippen LogP contribution in [0.3, 0.4) is 0 Å². The molecule has 3 nitrogen and oxygen atoms in total. The fraction of sp³-hybridized carbons (Fsp3) is 0.167. The van der Waals surface area contributed by atoms with E-state index in [1.54, 1.807) is 6.20 Å². The second kappa shape index (κ2) is 5.83. The lowest BCUT2D eigenvalue weighted by atomic mass is 10.0. The van der Waals surface area contributed by atoms with Crippen molar-refractivity contribution in [3.63, 3.8) is 0 Å². The molecule has 0 aliphatic rings. The van der Waals surface area contributed by atoms with E-state index in [-0.39, 0.29) is 0 Å². The molecule has 0 saturated heterocycles. The Balaban J connectivity index is 1.70. The molecule has 3 aromatic rings. The molecular weight excluding hydrogens is 258 g/mol. The molecule has 0 aliphatic carbocycles. The zero-order chi connectivity index (χ0) is 14.7. The van der Waals surface area contributed by atoms with Crippen LogP contribution in [-0.2, 0) is 6.54 Å². The maximum absolute atomic E-state index is 3.97. The van der Waals surface area contributed by atoms with Gasteiger partial charge in [-0.25, -0.2) is 0 Å². The van der Waals surface area contributed by atoms with Crippen molar-refractivity contribution < 1.29 is 0 Å². The van der Waals surface area contributed by atoms with Gasteiger partial charge in [0, 0.05) is 18.4 Å². The number of aryl methyl sites for hydroxylation is 1. The summed E-state index contributed by atoms with van der Waals surface area (Å²) < 4.78 is 0. The SMILES string of the molecule is Cc1cccc(CNc2ccc(-c3ccn[nH]3)cc2)c1C. The summed E-state index contributed by atoms with van der Waals surface area (Å²) >= 11 is 0. The molecule has 0 bridgehead atoms. The zero-order valence-electron chi connectivity index (χ0n) is 12.4. The van der Waals surface area contributed by atoms with Gasteiger partial charge < -0.3 is 5.32 Å². The van der Waals surface area contributed by atoms with Crippen LogP contribution < -0.4 is 5.32 Å². The van der Waals surface area contributed by atoms with Crippen LogP contribution in [-0.4, -0.2) is 10.2 Å². The minimum atomic E-state index is 0.844. The predicted octanol–water partition coefficient (Wildman–Crippen LogP) is 4.31. The topological polar surface area (TPSA) is 40.7 Å². The summed E-state index contributed by atoms with van der Waals surface area (Å²) in [4.78, 5) is 0. The molecule has 0 saturated carbocycles. The third-order valence-corrected chi connectivity index (χ3v) is 3.90. The number of rotatable bonds is 4. The smallest absolute Gasteiger partial charge is 0.0650 e. The molecule has 0 fully saturated rings. The molecule has 2 N–H and O–H groups in total. The number of nitrogens with zero attached hydrogens (tertiary/aromatic N) is 1. The number of nitrogens with one attached hydrogen (secondary N) is 2. The first-order chi connectivity index (χ1) is 10.2. The van der Waals surface area contributed by atoms with Crippen LogP contribution in [0.5, 0.6) is 0 Å². The fourth-order valence-corrected chi connectivity index (χ4v) is 2.38. The second-order valence-electron chi connectivity index (χ2n) is 5.26. The lowest BCUT2D eigenvalue weighted by Crippen LogP contribution is -2.02. The van der Waals surface area contributed by atoms with Crippen LogP contribution in [0, 0.1) is 13.8 Å². The van der Waals surface area contributed by atoms with E-state index in [9.17, 15) is 0 Å². The molecule has 1 heterocycles. The van der Waals surface area contributed by atoms with Crippen LogP contribution in [0.4, 0.5) is 5.69 Å². The lowest BCUT2D eigenvalue weighted by molar-refractivity contribution is 1.09. The van der Waals surface area contributed by atoms with E-state index in [4.69, 9.17) is 0 Å². The van der Waals surface area contributed by atoms with Crippen molar-refractivity contribution in [2.45, 2.75) is 20.4 Å². The standard InChI is InChI=1S/C18H19N3/c1-13-4-3-5-16(14(13)2)12-19-17-8-6-15(7-9-17)18-10-11-20-21-18/h3-11,19H,12H2,1-2H3,(H,20,21). The number of H-pyrrole nitrogens is 1. The van der Waals surface area contributed by atoms with Crippen molar-refractivity contribution in [2.24, 2.45) is 0 Å². The maximum Gasteiger partial charge on any atom is 0.0650 e. The van der Waals surface area contributed by atoms with Gasteiger partial charge in [0.2, 0.25) is 0 Å². The van der Waals surface area contributed by atoms with Gasteiger partial charge in [-0.3, -0.25) is 5.10 Å². The molecule has 2 aromatic carbocycles. The van der Waals surface area contributed by atoms with E-state index in [2.05, 4.69) is 71.8 Å². The van der Waals surface area contributed by atoms with Crippen LogP contribution in [0.1, 0.15) is 16.7 Å². The Morgan fingerprint density at radius 1 is 1.00 bits per heavy atom. The molecule has 1 aromatic heterocycles. The average Bonchev–Trinajstić information content (AvgIpc) is 3.04. The highest BCUT2D eigenvalue weighted by molar-refractivity contribution is 5.62. The summed E-state index contributed by atoms with van der Waals surface area (Å²) in [5.74, 6) is 0. The van der Waals surface area contributed by atoms with Gasteiger partial charge in [0.15, 0.2) is 0 Å². The van der Waals surface area contributed by atoms with E-state index in [0.717, 1.165) is 23.5 Å². The molecule has 0 spiro atoms. The largest absolute Gasteiger partial charge is 0.381 e. The van der Waals surface area contributed by atoms with E-state index < -0.39 is 0 Å². The summed E-state index contributed by atoms with van der Waals surface area (Å²) in [6, 6.07) is 16.8. The number of anilines is 1. The normalized spacial score (nSPS) is 10.6. The number of hydrogen-bond donors (Lipinski definition) is 2. The Bertz CT molecular complexity index is 713. The van der Waals surface area contributed by atoms with E-state index >= 15 is 0 Å². The highest BCUT2D eigenvalue weighted by atomic mass is 15.1. The Morgan fingerprint density at radius 2 is 1.81 bits per heavy atom. The summed E-state index contributed by atoms with van der Waals surface area (Å²) in [6.45, 7) is 5.17. The predicted molar refractivity (Wildman–Crippen MR) is 87.3 cm³/mol. The van der Waals surface area contributed by atoms with Gasteiger partial charge in [0.1, 0.15) is 0 Å². The van der Waals surface area contributed by atoms with Gasteiger partial charge in [-0.05, 0) is 54.3 Å². The van der Waals surface area contributed by atoms with Gasteiger partial charge in [0.05, 0.1) is 5.69 Å². The van der Waals surface area contributed by atoms with E-state index in [1.165, 1.54) is 16.7 Å². The molecule has 21 heavy (non-hydrogen) atoms. The van der Waals surface area contributed by atoms with Crippen LogP contribution >= 0.6 is 0 Å². The van der Waals surface area contributed by atoms with Gasteiger partial charge in [-0.1, -0.05) is 30.3 Å². The minimum Gasteiger partial charge on any atom is -0.381 e. The molecule has 3 rings (SSSR count). The first kappa shape index (κ1) is 13.4. The van der Waals surface area contributed by atoms with Gasteiger partial charge in [0.25, 0.3) is 0 Å². The number of aromatic nitrogens is 2. The van der Waals surface area contributed by atoms with Crippen molar-refractivity contribution in [1.82, 2.24) is 10.2 Å². The maximum atomic E-state index is 3.97. The third-order valence-electron chi connectivity index (χ3n) is 3.90. The first-order valence-electron chi connectivity index (χ1n) is 7.13. The van der Waals surface area contributed by atoms with Crippen molar-refractivity contribution in [3.05, 3.63) is 71.4 Å². The van der Waals surface area contributed by atoms with E-state index in [1.807, 2.05) is 6.07 Å². The number of aromatic amines is 1. The minimum absolute atomic E-state index is 0.844. The Hall–Kier alpha value is -2.55. The second-order valence-corrected chi connectivity index (χ2v) is 5.26. The van der Waals surface area contributed by atoms with Crippen LogP contribution in [0.2, 0.25) is 0 Å². The summed E-state index contributed by atoms with van der Waals surface area (Å²) in [5.41, 5.74) is 7.34. The molecule has 0 radical (unpaired) electrons. The zero-order valence-corrected chi connectivity index (χ0v) is 12.4. The summed E-state index contributed by atoms with van der Waals surface area (Å²) in [5, 5.41) is 10.4. The van der Waals surface area contributed by atoms with Crippen LogP contribution in [0.15, 0.2) is 54.7 Å². The quantitative estimate of drug-likeness (QED) is 0.746. The number of hydrogen-bond acceptors (Lipinski definition) is 2. The Kier molecular flexibility index (Phi) is 3.73. The van der Waals surface area contributed by atoms with Crippen molar-refractivity contribution in [1.29, 1.82) is 0 Å². The fourth-order valence-electron chi connectivity index (χ4n) is 2.38. The number of benzene rings is 2. The lowest BCUT2D eigenvalue weighted by Gasteiger charge is -2.11. The third kappa shape index (κ3) is 2.97. The highest BCUT2D eigenvalue weighted by Crippen LogP contribution is 2.20. The average molecular weight is 277 g/mol. The van der Waals surface area contributed by atoms with E-state index in [0.29, 0.717) is 0 Å². The van der Waals surface area contributed by atoms with Crippen molar-refractivity contribution in [2.75, 3.05) is 5.32 Å². The van der Waals surface area contributed by atoms with Gasteiger partial charge in [-0.15, -0.1) is 0 Å². The highest BCUT2D eigenvalue weighted by Gasteiger charge is 2.02. The van der Waals surface area contributed by atoms with Crippen molar-refractivity contribution >= 4 is 5.69 Å². The van der Waals surface area contributed by atoms with Gasteiger partial charge in [-0.2, -0.15) is 5.10 Å². The molecule has 0 amide bonds. The van der Waals surface area contributed by atoms with Gasteiger partial charge >= 0.3 is 0 Å². The summed E-state index contributed by atoms with van der Waals surface area (Å²) in [6.07, 6.45) is 1.77. The van der Waals surface area contributed by atoms with Crippen molar-refractivity contribution in [3.8, 4) is 11.3 Å². The molecular formula is C18H19N3. The molecule has 0 atom stereocenters. The van der Waals surface area contributed by atoms with Crippen LogP contribution in [0.25, 0.3) is 11.3 Å². The first-order valence-corrected chi connectivity index (χ1v) is 7.13. The Morgan fingerprint density at radius 3 is 2.52 bits per heavy atom. The Labute approximate surface area is 125 Å². The molecule has 0 unspecified atom stereocenters. The summed E-state index contributed by atoms with van der Waals surface area (Å²) in [7, 11) is 0. The monoisotopic (exact) mass is 277 g/mol. The molecule has 0 aliphatic heterocycles.